The molecule has 0 saturated heterocycles. The molecule has 1 aromatic carbocycles. The van der Waals surface area contributed by atoms with Gasteiger partial charge in [0.1, 0.15) is 11.5 Å². The number of benzene rings is 1. The van der Waals surface area contributed by atoms with Crippen molar-refractivity contribution < 1.29 is 14.3 Å². The number of urea groups is 1. The number of nitrogens with zero attached hydrogens (tertiary/aromatic N) is 1. The molecule has 1 unspecified atom stereocenters. The highest BCUT2D eigenvalue weighted by atomic mass is 16.3. The standard InChI is InChI=1S/C19H26N2O3/c1-5-21(12-18(22)16-8-6-13(2)7-9-16)19(23)20-11-17-10-14(3)24-15(17)4/h6-10,18,22H,5,11-12H2,1-4H3,(H,20,23). The van der Waals surface area contributed by atoms with Crippen LogP contribution in [0.2, 0.25) is 0 Å². The molecule has 0 aliphatic rings. The normalized spacial score (nSPS) is 12.0. The summed E-state index contributed by atoms with van der Waals surface area (Å²) in [6, 6.07) is 9.43. The zero-order chi connectivity index (χ0) is 17.7. The Balaban J connectivity index is 1.93. The maximum atomic E-state index is 12.4. The molecule has 0 fully saturated rings. The molecule has 1 atom stereocenters. The number of hydrogen-bond acceptors (Lipinski definition) is 3. The van der Waals surface area contributed by atoms with Gasteiger partial charge in [-0.25, -0.2) is 4.79 Å². The number of rotatable bonds is 6. The summed E-state index contributed by atoms with van der Waals surface area (Å²) in [7, 11) is 0. The van der Waals surface area contributed by atoms with Crippen LogP contribution in [0.15, 0.2) is 34.7 Å². The van der Waals surface area contributed by atoms with Crippen LogP contribution < -0.4 is 5.32 Å². The van der Waals surface area contributed by atoms with Crippen molar-refractivity contribution in [2.45, 2.75) is 40.3 Å². The number of furan rings is 1. The Kier molecular flexibility index (Phi) is 6.04. The average molecular weight is 330 g/mol. The van der Waals surface area contributed by atoms with E-state index in [0.29, 0.717) is 13.1 Å². The van der Waals surface area contributed by atoms with Gasteiger partial charge >= 0.3 is 6.03 Å². The first-order valence-electron chi connectivity index (χ1n) is 8.24. The van der Waals surface area contributed by atoms with Crippen molar-refractivity contribution in [3.05, 3.63) is 58.5 Å². The molecule has 1 heterocycles. The van der Waals surface area contributed by atoms with Crippen LogP contribution in [0.3, 0.4) is 0 Å². The van der Waals surface area contributed by atoms with Crippen molar-refractivity contribution in [3.63, 3.8) is 0 Å². The number of aliphatic hydroxyl groups is 1. The second kappa shape index (κ2) is 8.02. The molecule has 2 amide bonds. The molecule has 24 heavy (non-hydrogen) atoms. The van der Waals surface area contributed by atoms with E-state index in [1.54, 1.807) is 4.90 Å². The van der Waals surface area contributed by atoms with Crippen molar-refractivity contribution in [1.82, 2.24) is 10.2 Å². The number of carbonyl (C=O) groups excluding carboxylic acids is 1. The minimum atomic E-state index is -0.700. The quantitative estimate of drug-likeness (QED) is 0.852. The first kappa shape index (κ1) is 18.1. The van der Waals surface area contributed by atoms with E-state index in [1.165, 1.54) is 0 Å². The molecule has 0 aliphatic heterocycles. The Morgan fingerprint density at radius 1 is 1.25 bits per heavy atom. The Morgan fingerprint density at radius 2 is 1.92 bits per heavy atom. The minimum absolute atomic E-state index is 0.193. The van der Waals surface area contributed by atoms with Gasteiger partial charge in [-0.1, -0.05) is 29.8 Å². The molecule has 2 N–H and O–H groups in total. The van der Waals surface area contributed by atoms with Gasteiger partial charge in [0.05, 0.1) is 12.6 Å². The Hall–Kier alpha value is -2.27. The zero-order valence-electron chi connectivity index (χ0n) is 14.8. The van der Waals surface area contributed by atoms with Gasteiger partial charge in [-0.05, 0) is 39.3 Å². The van der Waals surface area contributed by atoms with E-state index in [1.807, 2.05) is 58.0 Å². The average Bonchev–Trinajstić information content (AvgIpc) is 2.88. The largest absolute Gasteiger partial charge is 0.466 e. The van der Waals surface area contributed by atoms with Crippen LogP contribution in [0.5, 0.6) is 0 Å². The van der Waals surface area contributed by atoms with E-state index >= 15 is 0 Å². The monoisotopic (exact) mass is 330 g/mol. The molecule has 130 valence electrons. The van der Waals surface area contributed by atoms with Gasteiger partial charge in [-0.2, -0.15) is 0 Å². The smallest absolute Gasteiger partial charge is 0.317 e. The van der Waals surface area contributed by atoms with Gasteiger partial charge in [0.25, 0.3) is 0 Å². The van der Waals surface area contributed by atoms with Crippen molar-refractivity contribution >= 4 is 6.03 Å². The van der Waals surface area contributed by atoms with E-state index in [2.05, 4.69) is 5.32 Å². The zero-order valence-corrected chi connectivity index (χ0v) is 14.8. The molecule has 5 heteroatoms. The minimum Gasteiger partial charge on any atom is -0.466 e. The fraction of sp³-hybridized carbons (Fsp3) is 0.421. The number of carbonyl (C=O) groups is 1. The Bertz CT molecular complexity index is 676. The maximum Gasteiger partial charge on any atom is 0.317 e. The van der Waals surface area contributed by atoms with E-state index in [9.17, 15) is 9.90 Å². The number of aliphatic hydroxyl groups excluding tert-OH is 1. The fourth-order valence-electron chi connectivity index (χ4n) is 2.60. The van der Waals surface area contributed by atoms with Gasteiger partial charge < -0.3 is 19.7 Å². The summed E-state index contributed by atoms with van der Waals surface area (Å²) in [4.78, 5) is 14.0. The lowest BCUT2D eigenvalue weighted by molar-refractivity contribution is 0.123. The molecule has 5 nitrogen and oxygen atoms in total. The van der Waals surface area contributed by atoms with Gasteiger partial charge in [0, 0.05) is 18.7 Å². The number of nitrogens with one attached hydrogen (secondary N) is 1. The number of aryl methyl sites for hydroxylation is 3. The van der Waals surface area contributed by atoms with Gasteiger partial charge in [-0.3, -0.25) is 0 Å². The molecule has 1 aromatic heterocycles. The summed E-state index contributed by atoms with van der Waals surface area (Å²) in [5.74, 6) is 1.65. The predicted octanol–water partition coefficient (Wildman–Crippen LogP) is 3.47. The summed E-state index contributed by atoms with van der Waals surface area (Å²) >= 11 is 0. The topological polar surface area (TPSA) is 65.7 Å². The molecule has 0 saturated carbocycles. The van der Waals surface area contributed by atoms with E-state index in [4.69, 9.17) is 4.42 Å². The predicted molar refractivity (Wildman–Crippen MR) is 93.8 cm³/mol. The third kappa shape index (κ3) is 4.61. The Labute approximate surface area is 143 Å². The van der Waals surface area contributed by atoms with Crippen molar-refractivity contribution in [1.29, 1.82) is 0 Å². The lowest BCUT2D eigenvalue weighted by atomic mass is 10.1. The van der Waals surface area contributed by atoms with Gasteiger partial charge in [0.15, 0.2) is 0 Å². The van der Waals surface area contributed by atoms with Crippen LogP contribution in [0.1, 0.15) is 41.2 Å². The first-order chi connectivity index (χ1) is 11.4. The van der Waals surface area contributed by atoms with Crippen LogP contribution in [-0.4, -0.2) is 29.1 Å². The number of likely N-dealkylation sites (N-methyl/N-ethyl adjacent to an activating group) is 1. The van der Waals surface area contributed by atoms with Crippen molar-refractivity contribution in [2.75, 3.05) is 13.1 Å². The molecule has 2 aromatic rings. The summed E-state index contributed by atoms with van der Waals surface area (Å²) in [5.41, 5.74) is 2.92. The van der Waals surface area contributed by atoms with E-state index in [-0.39, 0.29) is 12.6 Å². The summed E-state index contributed by atoms with van der Waals surface area (Å²) in [6.45, 7) is 8.87. The molecular weight excluding hydrogens is 304 g/mol. The number of hydrogen-bond donors (Lipinski definition) is 2. The highest BCUT2D eigenvalue weighted by molar-refractivity contribution is 5.74. The highest BCUT2D eigenvalue weighted by Crippen LogP contribution is 2.16. The number of amides is 2. The highest BCUT2D eigenvalue weighted by Gasteiger charge is 2.17. The SMILES string of the molecule is CCN(CC(O)c1ccc(C)cc1)C(=O)NCc1cc(C)oc1C. The van der Waals surface area contributed by atoms with Crippen LogP contribution in [0.25, 0.3) is 0 Å². The van der Waals surface area contributed by atoms with Gasteiger partial charge in [-0.15, -0.1) is 0 Å². The summed E-state index contributed by atoms with van der Waals surface area (Å²) in [6.07, 6.45) is -0.700. The summed E-state index contributed by atoms with van der Waals surface area (Å²) < 4.78 is 5.46. The Morgan fingerprint density at radius 3 is 2.46 bits per heavy atom. The van der Waals surface area contributed by atoms with Gasteiger partial charge in [0.2, 0.25) is 0 Å². The fourth-order valence-corrected chi connectivity index (χ4v) is 2.60. The van der Waals surface area contributed by atoms with Crippen molar-refractivity contribution in [2.24, 2.45) is 0 Å². The molecule has 0 radical (unpaired) electrons. The third-order valence-corrected chi connectivity index (χ3v) is 4.10. The molecule has 0 aliphatic carbocycles. The van der Waals surface area contributed by atoms with Crippen LogP contribution in [0, 0.1) is 20.8 Å². The lowest BCUT2D eigenvalue weighted by Crippen LogP contribution is -2.41. The van der Waals surface area contributed by atoms with Crippen molar-refractivity contribution in [3.8, 4) is 0 Å². The summed E-state index contributed by atoms with van der Waals surface area (Å²) in [5, 5.41) is 13.2. The molecular formula is C19H26N2O3. The van der Waals surface area contributed by atoms with E-state index < -0.39 is 6.10 Å². The lowest BCUT2D eigenvalue weighted by Gasteiger charge is -2.24. The third-order valence-electron chi connectivity index (χ3n) is 4.10. The van der Waals surface area contributed by atoms with Crippen LogP contribution in [0.4, 0.5) is 4.79 Å². The molecule has 0 bridgehead atoms. The second-order valence-electron chi connectivity index (χ2n) is 6.06. The second-order valence-corrected chi connectivity index (χ2v) is 6.06. The van der Waals surface area contributed by atoms with Crippen LogP contribution in [-0.2, 0) is 6.54 Å². The molecule has 2 rings (SSSR count). The van der Waals surface area contributed by atoms with E-state index in [0.717, 1.165) is 28.2 Å². The van der Waals surface area contributed by atoms with Crippen LogP contribution >= 0.6 is 0 Å². The first-order valence-corrected chi connectivity index (χ1v) is 8.24. The maximum absolute atomic E-state index is 12.4. The molecule has 0 spiro atoms.